The van der Waals surface area contributed by atoms with E-state index in [2.05, 4.69) is 43.5 Å². The number of nitrogens with one attached hydrogen (secondary N) is 1. The molecule has 1 amide bonds. The van der Waals surface area contributed by atoms with Gasteiger partial charge < -0.3 is 20.3 Å². The Balaban J connectivity index is 3.37. The number of rotatable bonds is 73. The van der Waals surface area contributed by atoms with Crippen molar-refractivity contribution in [2.24, 2.45) is 0 Å². The SMILES string of the molecule is CCCCCCCC/C=C\CCCCCCCC(=O)OCCCCCCCCCCCCCC/C=C\CCCCCCCCCCCCCCCC(=O)NC(CO)C(O)CCCCCCCCCCCCCCCCCCCCCCCCC. The molecule has 0 aromatic heterocycles. The second-order valence-corrected chi connectivity index (χ2v) is 26.7. The van der Waals surface area contributed by atoms with Crippen LogP contribution < -0.4 is 5.32 Å². The van der Waals surface area contributed by atoms with Crippen LogP contribution in [0.2, 0.25) is 0 Å². The van der Waals surface area contributed by atoms with Crippen LogP contribution in [0.4, 0.5) is 0 Å². The first-order chi connectivity index (χ1) is 41.5. The lowest BCUT2D eigenvalue weighted by molar-refractivity contribution is -0.143. The normalized spacial score (nSPS) is 12.6. The molecule has 0 spiro atoms. The van der Waals surface area contributed by atoms with Gasteiger partial charge in [0.15, 0.2) is 0 Å². The van der Waals surface area contributed by atoms with Gasteiger partial charge in [-0.3, -0.25) is 9.59 Å². The highest BCUT2D eigenvalue weighted by molar-refractivity contribution is 5.76. The molecular formula is C78H151NO5. The van der Waals surface area contributed by atoms with Crippen molar-refractivity contribution in [2.75, 3.05) is 13.2 Å². The Hall–Kier alpha value is -1.66. The molecule has 0 saturated carbocycles. The van der Waals surface area contributed by atoms with Gasteiger partial charge in [-0.2, -0.15) is 0 Å². The van der Waals surface area contributed by atoms with Gasteiger partial charge >= 0.3 is 5.97 Å². The van der Waals surface area contributed by atoms with Gasteiger partial charge in [0.1, 0.15) is 0 Å². The third-order valence-electron chi connectivity index (χ3n) is 18.2. The number of ether oxygens (including phenoxy) is 1. The third kappa shape index (κ3) is 69.4. The first-order valence-corrected chi connectivity index (χ1v) is 38.6. The molecule has 0 aliphatic carbocycles. The van der Waals surface area contributed by atoms with Crippen molar-refractivity contribution < 1.29 is 24.5 Å². The van der Waals surface area contributed by atoms with Gasteiger partial charge in [-0.05, 0) is 77.0 Å². The number of aliphatic hydroxyl groups is 2. The molecule has 0 aromatic rings. The van der Waals surface area contributed by atoms with Gasteiger partial charge in [0.05, 0.1) is 25.4 Å². The Morgan fingerprint density at radius 3 is 0.845 bits per heavy atom. The van der Waals surface area contributed by atoms with Crippen LogP contribution >= 0.6 is 0 Å². The third-order valence-corrected chi connectivity index (χ3v) is 18.2. The zero-order chi connectivity index (χ0) is 60.6. The number of esters is 1. The van der Waals surface area contributed by atoms with E-state index in [4.69, 9.17) is 4.74 Å². The number of hydrogen-bond donors (Lipinski definition) is 3. The highest BCUT2D eigenvalue weighted by Crippen LogP contribution is 2.20. The predicted octanol–water partition coefficient (Wildman–Crippen LogP) is 25.3. The largest absolute Gasteiger partial charge is 0.466 e. The van der Waals surface area contributed by atoms with E-state index in [0.717, 1.165) is 44.9 Å². The molecular weight excluding hydrogens is 1030 g/mol. The van der Waals surface area contributed by atoms with Crippen molar-refractivity contribution in [3.63, 3.8) is 0 Å². The summed E-state index contributed by atoms with van der Waals surface area (Å²) in [6.45, 7) is 4.99. The highest BCUT2D eigenvalue weighted by Gasteiger charge is 2.20. The van der Waals surface area contributed by atoms with Gasteiger partial charge in [0, 0.05) is 12.8 Å². The van der Waals surface area contributed by atoms with E-state index in [1.807, 2.05) is 0 Å². The summed E-state index contributed by atoms with van der Waals surface area (Å²) in [7, 11) is 0. The minimum absolute atomic E-state index is 0.00957. The van der Waals surface area contributed by atoms with Crippen LogP contribution in [-0.4, -0.2) is 47.4 Å². The molecule has 6 heteroatoms. The Morgan fingerprint density at radius 1 is 0.321 bits per heavy atom. The van der Waals surface area contributed by atoms with Crippen LogP contribution in [0.5, 0.6) is 0 Å². The Morgan fingerprint density at radius 2 is 0.560 bits per heavy atom. The van der Waals surface area contributed by atoms with Gasteiger partial charge in [-0.25, -0.2) is 0 Å². The number of allylic oxidation sites excluding steroid dienone is 4. The van der Waals surface area contributed by atoms with Crippen molar-refractivity contribution >= 4 is 11.9 Å². The maximum Gasteiger partial charge on any atom is 0.305 e. The van der Waals surface area contributed by atoms with Crippen molar-refractivity contribution in [1.29, 1.82) is 0 Å². The number of amides is 1. The van der Waals surface area contributed by atoms with Crippen LogP contribution in [0.1, 0.15) is 438 Å². The van der Waals surface area contributed by atoms with Crippen LogP contribution in [0.3, 0.4) is 0 Å². The zero-order valence-corrected chi connectivity index (χ0v) is 57.2. The lowest BCUT2D eigenvalue weighted by atomic mass is 10.0. The monoisotopic (exact) mass is 1180 g/mol. The molecule has 0 radical (unpaired) electrons. The molecule has 84 heavy (non-hydrogen) atoms. The second-order valence-electron chi connectivity index (χ2n) is 26.7. The molecule has 0 aliphatic heterocycles. The summed E-state index contributed by atoms with van der Waals surface area (Å²) in [5.41, 5.74) is 0. The Bertz CT molecular complexity index is 1320. The van der Waals surface area contributed by atoms with E-state index in [1.165, 1.54) is 360 Å². The standard InChI is InChI=1S/C78H151NO5/c1-3-5-7-9-11-13-15-17-19-20-21-22-30-33-36-39-43-46-50-54-58-62-66-70-76(81)75(74-80)79-77(82)71-67-63-59-55-51-47-44-40-37-34-31-28-26-24-23-25-27-29-32-35-38-41-45-49-53-57-61-65-69-73-84-78(83)72-68-64-60-56-52-48-42-18-16-14-12-10-8-6-4-2/h18,23,25,42,75-76,80-81H,3-17,19-22,24,26-41,43-74H2,1-2H3,(H,79,82)/b25-23-,42-18-. The van der Waals surface area contributed by atoms with Crippen molar-refractivity contribution in [3.8, 4) is 0 Å². The molecule has 2 unspecified atom stereocenters. The maximum atomic E-state index is 12.6. The lowest BCUT2D eigenvalue weighted by Crippen LogP contribution is -2.45. The fourth-order valence-electron chi connectivity index (χ4n) is 12.3. The fourth-order valence-corrected chi connectivity index (χ4v) is 12.3. The van der Waals surface area contributed by atoms with Crippen molar-refractivity contribution in [2.45, 2.75) is 450 Å². The van der Waals surface area contributed by atoms with E-state index in [9.17, 15) is 19.8 Å². The molecule has 498 valence electrons. The Labute approximate surface area is 526 Å². The van der Waals surface area contributed by atoms with Crippen molar-refractivity contribution in [1.82, 2.24) is 5.32 Å². The van der Waals surface area contributed by atoms with Gasteiger partial charge in [-0.1, -0.05) is 372 Å². The number of unbranched alkanes of at least 4 members (excludes halogenated alkanes) is 58. The molecule has 3 N–H and O–H groups in total. The minimum Gasteiger partial charge on any atom is -0.466 e. The molecule has 0 heterocycles. The average Bonchev–Trinajstić information content (AvgIpc) is 3.51. The van der Waals surface area contributed by atoms with Crippen LogP contribution in [0, 0.1) is 0 Å². The summed E-state index contributed by atoms with van der Waals surface area (Å²) < 4.78 is 5.49. The predicted molar refractivity (Wildman–Crippen MR) is 370 cm³/mol. The average molecular weight is 1180 g/mol. The van der Waals surface area contributed by atoms with E-state index in [-0.39, 0.29) is 18.5 Å². The highest BCUT2D eigenvalue weighted by atomic mass is 16.5. The maximum absolute atomic E-state index is 12.6. The van der Waals surface area contributed by atoms with Crippen LogP contribution in [-0.2, 0) is 14.3 Å². The van der Waals surface area contributed by atoms with Crippen molar-refractivity contribution in [3.05, 3.63) is 24.3 Å². The molecule has 0 saturated heterocycles. The summed E-state index contributed by atoms with van der Waals surface area (Å²) in [6.07, 6.45) is 94.0. The lowest BCUT2D eigenvalue weighted by Gasteiger charge is -2.22. The molecule has 2 atom stereocenters. The second kappa shape index (κ2) is 73.8. The summed E-state index contributed by atoms with van der Waals surface area (Å²) in [5.74, 6) is -0.0193. The van der Waals surface area contributed by atoms with Crippen LogP contribution in [0.25, 0.3) is 0 Å². The number of hydrogen-bond acceptors (Lipinski definition) is 5. The molecule has 0 bridgehead atoms. The number of carbonyl (C=O) groups excluding carboxylic acids is 2. The molecule has 0 fully saturated rings. The van der Waals surface area contributed by atoms with E-state index in [0.29, 0.717) is 25.9 Å². The summed E-state index contributed by atoms with van der Waals surface area (Å²) >= 11 is 0. The minimum atomic E-state index is -0.665. The van der Waals surface area contributed by atoms with E-state index in [1.54, 1.807) is 0 Å². The zero-order valence-electron chi connectivity index (χ0n) is 57.2. The van der Waals surface area contributed by atoms with E-state index >= 15 is 0 Å². The van der Waals surface area contributed by atoms with Gasteiger partial charge in [0.2, 0.25) is 5.91 Å². The first kappa shape index (κ1) is 82.3. The molecule has 0 aromatic carbocycles. The molecule has 0 rings (SSSR count). The van der Waals surface area contributed by atoms with Gasteiger partial charge in [-0.15, -0.1) is 0 Å². The molecule has 0 aliphatic rings. The fraction of sp³-hybridized carbons (Fsp3) is 0.923. The summed E-state index contributed by atoms with van der Waals surface area (Å²) in [6, 6.07) is -0.542. The summed E-state index contributed by atoms with van der Waals surface area (Å²) in [4.78, 5) is 24.6. The first-order valence-electron chi connectivity index (χ1n) is 38.6. The topological polar surface area (TPSA) is 95.9 Å². The number of carbonyl (C=O) groups is 2. The summed E-state index contributed by atoms with van der Waals surface area (Å²) in [5, 5.41) is 23.5. The van der Waals surface area contributed by atoms with E-state index < -0.39 is 12.1 Å². The number of aliphatic hydroxyl groups excluding tert-OH is 2. The smallest absolute Gasteiger partial charge is 0.305 e. The van der Waals surface area contributed by atoms with Crippen LogP contribution in [0.15, 0.2) is 24.3 Å². The quantitative estimate of drug-likeness (QED) is 0.0320. The Kier molecular flexibility index (Phi) is 72.3. The van der Waals surface area contributed by atoms with Gasteiger partial charge in [0.25, 0.3) is 0 Å². The molecule has 6 nitrogen and oxygen atoms in total.